The summed E-state index contributed by atoms with van der Waals surface area (Å²) >= 11 is 0. The van der Waals surface area contributed by atoms with Gasteiger partial charge in [-0.15, -0.1) is 0 Å². The first-order valence-electron chi connectivity index (χ1n) is 7.07. The lowest BCUT2D eigenvalue weighted by molar-refractivity contribution is -0.194. The van der Waals surface area contributed by atoms with Gasteiger partial charge < -0.3 is 14.8 Å². The molecular weight excluding hydrogens is 248 g/mol. The van der Waals surface area contributed by atoms with Crippen molar-refractivity contribution in [3.63, 3.8) is 0 Å². The number of nitrogens with one attached hydrogen (secondary N) is 2. The van der Waals surface area contributed by atoms with Crippen LogP contribution < -0.4 is 10.6 Å². The number of hydrogen-bond donors (Lipinski definition) is 2. The smallest absolute Gasteiger partial charge is 0.323 e. The topological polar surface area (TPSA) is 76.7 Å². The standard InChI is InChI=1S/C13H20N2O4/c1-2-18-9-5-3-4-7-6-8-11(16)14-13(17)15-12(8)19-10(7)9/h7-10,12H,2-6H2,1H3,(H2,14,15,16,17). The van der Waals surface area contributed by atoms with Gasteiger partial charge in [0.1, 0.15) is 6.23 Å². The third-order valence-electron chi connectivity index (χ3n) is 4.35. The van der Waals surface area contributed by atoms with E-state index in [0.29, 0.717) is 12.5 Å². The maximum absolute atomic E-state index is 11.8. The summed E-state index contributed by atoms with van der Waals surface area (Å²) in [4.78, 5) is 23.2. The monoisotopic (exact) mass is 268 g/mol. The zero-order chi connectivity index (χ0) is 13.4. The Morgan fingerprint density at radius 3 is 3.00 bits per heavy atom. The fraction of sp³-hybridized carbons (Fsp3) is 0.846. The fourth-order valence-electron chi connectivity index (χ4n) is 3.52. The van der Waals surface area contributed by atoms with E-state index in [1.165, 1.54) is 0 Å². The largest absolute Gasteiger partial charge is 0.376 e. The highest BCUT2D eigenvalue weighted by molar-refractivity contribution is 5.98. The van der Waals surface area contributed by atoms with Gasteiger partial charge in [-0.3, -0.25) is 10.1 Å². The molecule has 5 unspecified atom stereocenters. The summed E-state index contributed by atoms with van der Waals surface area (Å²) in [6.45, 7) is 2.64. The van der Waals surface area contributed by atoms with Crippen LogP contribution in [0.15, 0.2) is 0 Å². The third-order valence-corrected chi connectivity index (χ3v) is 4.35. The van der Waals surface area contributed by atoms with Gasteiger partial charge in [-0.25, -0.2) is 4.79 Å². The molecule has 1 saturated carbocycles. The minimum Gasteiger partial charge on any atom is -0.376 e. The molecule has 2 aliphatic heterocycles. The SMILES string of the molecule is CCOC1CCCC2CC3C(=O)NC(=O)NC3OC21. The van der Waals surface area contributed by atoms with E-state index in [4.69, 9.17) is 9.47 Å². The minimum absolute atomic E-state index is 0.00106. The molecule has 19 heavy (non-hydrogen) atoms. The molecule has 2 saturated heterocycles. The predicted octanol–water partition coefficient (Wildman–Crippen LogP) is 0.762. The Hall–Kier alpha value is -1.14. The van der Waals surface area contributed by atoms with Crippen molar-refractivity contribution in [1.29, 1.82) is 0 Å². The van der Waals surface area contributed by atoms with E-state index in [9.17, 15) is 9.59 Å². The highest BCUT2D eigenvalue weighted by Crippen LogP contribution is 2.39. The summed E-state index contributed by atoms with van der Waals surface area (Å²) in [6, 6.07) is -0.464. The van der Waals surface area contributed by atoms with Crippen LogP contribution in [0.1, 0.15) is 32.6 Å². The quantitative estimate of drug-likeness (QED) is 0.775. The van der Waals surface area contributed by atoms with E-state index in [-0.39, 0.29) is 24.0 Å². The van der Waals surface area contributed by atoms with Crippen molar-refractivity contribution in [2.75, 3.05) is 6.61 Å². The number of rotatable bonds is 2. The van der Waals surface area contributed by atoms with Gasteiger partial charge in [-0.2, -0.15) is 0 Å². The van der Waals surface area contributed by atoms with Crippen molar-refractivity contribution in [2.24, 2.45) is 11.8 Å². The molecule has 2 N–H and O–H groups in total. The van der Waals surface area contributed by atoms with Crippen LogP contribution in [0.4, 0.5) is 4.79 Å². The second-order valence-electron chi connectivity index (χ2n) is 5.51. The van der Waals surface area contributed by atoms with Crippen LogP contribution in [-0.4, -0.2) is 37.0 Å². The number of ether oxygens (including phenoxy) is 2. The predicted molar refractivity (Wildman–Crippen MR) is 66.2 cm³/mol. The maximum Gasteiger partial charge on any atom is 0.323 e. The van der Waals surface area contributed by atoms with Crippen LogP contribution >= 0.6 is 0 Å². The van der Waals surface area contributed by atoms with E-state index in [1.54, 1.807) is 0 Å². The Bertz CT molecular complexity index is 385. The zero-order valence-electron chi connectivity index (χ0n) is 11.1. The molecule has 0 aromatic heterocycles. The molecule has 0 aromatic carbocycles. The van der Waals surface area contributed by atoms with Gasteiger partial charge in [-0.1, -0.05) is 6.42 Å². The third kappa shape index (κ3) is 2.34. The Morgan fingerprint density at radius 1 is 1.37 bits per heavy atom. The Morgan fingerprint density at radius 2 is 2.21 bits per heavy atom. The first-order chi connectivity index (χ1) is 9.19. The maximum atomic E-state index is 11.8. The number of carbonyl (C=O) groups is 2. The van der Waals surface area contributed by atoms with Crippen LogP contribution in [0.2, 0.25) is 0 Å². The number of amides is 3. The number of imide groups is 1. The van der Waals surface area contributed by atoms with Crippen LogP contribution in [-0.2, 0) is 14.3 Å². The van der Waals surface area contributed by atoms with Crippen molar-refractivity contribution >= 4 is 11.9 Å². The second-order valence-corrected chi connectivity index (χ2v) is 5.51. The number of urea groups is 1. The highest BCUT2D eigenvalue weighted by Gasteiger charge is 2.48. The molecule has 2 heterocycles. The molecule has 3 amide bonds. The molecule has 0 aromatic rings. The number of carbonyl (C=O) groups excluding carboxylic acids is 2. The second kappa shape index (κ2) is 5.09. The summed E-state index contributed by atoms with van der Waals surface area (Å²) in [5, 5.41) is 5.01. The summed E-state index contributed by atoms with van der Waals surface area (Å²) in [5.74, 6) is -0.127. The molecule has 1 aliphatic carbocycles. The summed E-state index contributed by atoms with van der Waals surface area (Å²) in [7, 11) is 0. The van der Waals surface area contributed by atoms with Crippen molar-refractivity contribution < 1.29 is 19.1 Å². The fourth-order valence-corrected chi connectivity index (χ4v) is 3.52. The van der Waals surface area contributed by atoms with Gasteiger partial charge in [0, 0.05) is 6.61 Å². The van der Waals surface area contributed by atoms with Crippen LogP contribution in [0.25, 0.3) is 0 Å². The normalized spacial score (nSPS) is 41.8. The molecule has 6 nitrogen and oxygen atoms in total. The minimum atomic E-state index is -0.497. The lowest BCUT2D eigenvalue weighted by atomic mass is 9.76. The van der Waals surface area contributed by atoms with Crippen LogP contribution in [0, 0.1) is 11.8 Å². The van der Waals surface area contributed by atoms with Gasteiger partial charge in [0.15, 0.2) is 0 Å². The Labute approximate surface area is 112 Å². The summed E-state index contributed by atoms with van der Waals surface area (Å²) in [6.07, 6.45) is 3.54. The lowest BCUT2D eigenvalue weighted by Gasteiger charge is -2.47. The molecule has 3 aliphatic rings. The van der Waals surface area contributed by atoms with Crippen molar-refractivity contribution in [1.82, 2.24) is 10.6 Å². The van der Waals surface area contributed by atoms with Gasteiger partial charge in [0.05, 0.1) is 18.1 Å². The van der Waals surface area contributed by atoms with Crippen molar-refractivity contribution in [3.05, 3.63) is 0 Å². The van der Waals surface area contributed by atoms with E-state index in [0.717, 1.165) is 25.7 Å². The summed E-state index contributed by atoms with van der Waals surface area (Å²) < 4.78 is 11.7. The van der Waals surface area contributed by atoms with Gasteiger partial charge in [0.2, 0.25) is 5.91 Å². The molecule has 5 atom stereocenters. The molecule has 0 radical (unpaired) electrons. The van der Waals surface area contributed by atoms with Gasteiger partial charge >= 0.3 is 6.03 Å². The molecule has 3 rings (SSSR count). The zero-order valence-corrected chi connectivity index (χ0v) is 11.1. The number of hydrogen-bond acceptors (Lipinski definition) is 4. The first-order valence-corrected chi connectivity index (χ1v) is 7.07. The highest BCUT2D eigenvalue weighted by atomic mass is 16.6. The van der Waals surface area contributed by atoms with E-state index < -0.39 is 12.3 Å². The molecule has 3 fully saturated rings. The lowest BCUT2D eigenvalue weighted by Crippen LogP contribution is -2.64. The van der Waals surface area contributed by atoms with Crippen molar-refractivity contribution in [3.8, 4) is 0 Å². The Kier molecular flexibility index (Phi) is 3.45. The van der Waals surface area contributed by atoms with E-state index in [2.05, 4.69) is 10.6 Å². The average Bonchev–Trinajstić information content (AvgIpc) is 2.38. The van der Waals surface area contributed by atoms with Gasteiger partial charge in [0.25, 0.3) is 0 Å². The van der Waals surface area contributed by atoms with Crippen molar-refractivity contribution in [2.45, 2.75) is 51.0 Å². The molecule has 106 valence electrons. The molecule has 0 bridgehead atoms. The molecule has 6 heteroatoms. The van der Waals surface area contributed by atoms with E-state index >= 15 is 0 Å². The van der Waals surface area contributed by atoms with Crippen LogP contribution in [0.5, 0.6) is 0 Å². The first kappa shape index (κ1) is 12.9. The van der Waals surface area contributed by atoms with E-state index in [1.807, 2.05) is 6.92 Å². The molecule has 0 spiro atoms. The number of fused-ring (bicyclic) bond motifs is 2. The average molecular weight is 268 g/mol. The summed E-state index contributed by atoms with van der Waals surface area (Å²) in [5.41, 5.74) is 0. The van der Waals surface area contributed by atoms with Gasteiger partial charge in [-0.05, 0) is 32.1 Å². The Balaban J connectivity index is 1.75. The molecular formula is C13H20N2O4. The van der Waals surface area contributed by atoms with Crippen LogP contribution in [0.3, 0.4) is 0 Å².